The molecule has 244 valence electrons. The number of para-hydroxylation sites is 1. The molecule has 0 saturated heterocycles. The third-order valence-electron chi connectivity index (χ3n) is 11.3. The van der Waals surface area contributed by atoms with Crippen LogP contribution < -0.4 is 0 Å². The predicted octanol–water partition coefficient (Wildman–Crippen LogP) is 13.2. The molecule has 0 N–H and O–H groups in total. The van der Waals surface area contributed by atoms with Gasteiger partial charge in [0.1, 0.15) is 5.82 Å². The van der Waals surface area contributed by atoms with E-state index >= 15 is 0 Å². The van der Waals surface area contributed by atoms with Crippen LogP contribution in [-0.4, -0.2) is 14.5 Å². The maximum atomic E-state index is 5.56. The maximum Gasteiger partial charge on any atom is 0.162 e. The fourth-order valence-corrected chi connectivity index (χ4v) is 9.14. The molecular formula is C50H29N3. The highest BCUT2D eigenvalue weighted by atomic mass is 15.1. The first kappa shape index (κ1) is 28.6. The third kappa shape index (κ3) is 3.94. The van der Waals surface area contributed by atoms with Crippen LogP contribution in [0.2, 0.25) is 0 Å². The molecule has 0 aliphatic heterocycles. The summed E-state index contributed by atoms with van der Waals surface area (Å²) < 4.78 is 2.39. The largest absolute Gasteiger partial charge is 0.293 e. The summed E-state index contributed by atoms with van der Waals surface area (Å²) in [6.07, 6.45) is 0. The highest BCUT2D eigenvalue weighted by Gasteiger charge is 2.27. The number of hydrogen-bond acceptors (Lipinski definition) is 2. The summed E-state index contributed by atoms with van der Waals surface area (Å²) in [6.45, 7) is 0. The lowest BCUT2D eigenvalue weighted by Gasteiger charge is -2.16. The molecule has 0 atom stereocenters. The van der Waals surface area contributed by atoms with Crippen molar-refractivity contribution in [3.63, 3.8) is 0 Å². The van der Waals surface area contributed by atoms with E-state index in [2.05, 4.69) is 180 Å². The molecule has 0 fully saturated rings. The number of benzene rings is 9. The Hall–Kier alpha value is -7.10. The molecule has 53 heavy (non-hydrogen) atoms. The molecule has 1 aliphatic rings. The van der Waals surface area contributed by atoms with Crippen molar-refractivity contribution in [1.82, 2.24) is 14.5 Å². The SMILES string of the molecule is c1ccc(-c2cc(-n3c4ccccc4c4c5ccc6ccccc6c5c5ccccc5c43)nc(-c3cccc4c3-c3cccc5cccc-4c35)n2)cc1. The lowest BCUT2D eigenvalue weighted by atomic mass is 9.93. The molecule has 0 radical (unpaired) electrons. The Morgan fingerprint density at radius 2 is 1.04 bits per heavy atom. The Kier molecular flexibility index (Phi) is 5.77. The van der Waals surface area contributed by atoms with Crippen molar-refractivity contribution in [3.8, 4) is 50.7 Å². The monoisotopic (exact) mass is 671 g/mol. The van der Waals surface area contributed by atoms with Crippen molar-refractivity contribution in [2.24, 2.45) is 0 Å². The molecule has 12 rings (SSSR count). The summed E-state index contributed by atoms with van der Waals surface area (Å²) in [5, 5.41) is 12.5. The lowest BCUT2D eigenvalue weighted by molar-refractivity contribution is 1.05. The summed E-state index contributed by atoms with van der Waals surface area (Å²) in [4.78, 5) is 10.9. The summed E-state index contributed by atoms with van der Waals surface area (Å²) >= 11 is 0. The first-order valence-electron chi connectivity index (χ1n) is 18.2. The Morgan fingerprint density at radius 3 is 1.91 bits per heavy atom. The van der Waals surface area contributed by atoms with Crippen molar-refractivity contribution in [2.75, 3.05) is 0 Å². The molecule has 0 spiro atoms. The van der Waals surface area contributed by atoms with Crippen LogP contribution >= 0.6 is 0 Å². The van der Waals surface area contributed by atoms with E-state index in [4.69, 9.17) is 9.97 Å². The van der Waals surface area contributed by atoms with Crippen molar-refractivity contribution >= 4 is 64.9 Å². The van der Waals surface area contributed by atoms with Gasteiger partial charge < -0.3 is 0 Å². The van der Waals surface area contributed by atoms with E-state index in [1.54, 1.807) is 0 Å². The molecule has 11 aromatic rings. The summed E-state index contributed by atoms with van der Waals surface area (Å²) in [5.74, 6) is 1.56. The Labute approximate surface area is 305 Å². The molecule has 9 aromatic carbocycles. The van der Waals surface area contributed by atoms with Crippen molar-refractivity contribution in [3.05, 3.63) is 176 Å². The zero-order valence-electron chi connectivity index (χ0n) is 28.6. The van der Waals surface area contributed by atoms with E-state index in [0.717, 1.165) is 33.7 Å². The maximum absolute atomic E-state index is 5.56. The molecule has 2 heterocycles. The fourth-order valence-electron chi connectivity index (χ4n) is 9.14. The molecule has 0 saturated carbocycles. The van der Waals surface area contributed by atoms with Gasteiger partial charge in [-0.25, -0.2) is 9.97 Å². The first-order chi connectivity index (χ1) is 26.3. The van der Waals surface area contributed by atoms with Crippen LogP contribution in [-0.2, 0) is 0 Å². The lowest BCUT2D eigenvalue weighted by Crippen LogP contribution is -2.03. The molecule has 0 bridgehead atoms. The van der Waals surface area contributed by atoms with Crippen molar-refractivity contribution in [2.45, 2.75) is 0 Å². The second kappa shape index (κ2) is 10.7. The van der Waals surface area contributed by atoms with Gasteiger partial charge in [0.05, 0.1) is 16.7 Å². The predicted molar refractivity (Wildman–Crippen MR) is 222 cm³/mol. The van der Waals surface area contributed by atoms with Gasteiger partial charge in [-0.05, 0) is 60.5 Å². The zero-order valence-corrected chi connectivity index (χ0v) is 28.6. The standard InChI is InChI=1S/C50H29N3/c1-2-14-31(15-3-1)42-29-44(52-50(51-42)41-25-12-23-35-34-22-10-16-32-17-11-24-39(45(32)34)47(35)41)53-43-26-9-8-21-38(43)48-40-28-27-30-13-4-5-18-33(30)46(40)36-19-6-7-20-37(36)49(48)53/h1-29H. The average Bonchev–Trinajstić information content (AvgIpc) is 3.76. The molecule has 3 nitrogen and oxygen atoms in total. The number of aromatic nitrogens is 3. The van der Waals surface area contributed by atoms with Crippen LogP contribution in [0.15, 0.2) is 176 Å². The van der Waals surface area contributed by atoms with Gasteiger partial charge in [0, 0.05) is 38.9 Å². The number of hydrogen-bond donors (Lipinski definition) is 0. The van der Waals surface area contributed by atoms with Gasteiger partial charge in [-0.3, -0.25) is 4.57 Å². The average molecular weight is 672 g/mol. The molecule has 3 heteroatoms. The van der Waals surface area contributed by atoms with Gasteiger partial charge in [0.2, 0.25) is 0 Å². The number of fused-ring (bicyclic) bond motifs is 13. The van der Waals surface area contributed by atoms with E-state index in [1.165, 1.54) is 76.1 Å². The molecule has 0 unspecified atom stereocenters. The van der Waals surface area contributed by atoms with Crippen molar-refractivity contribution in [1.29, 1.82) is 0 Å². The van der Waals surface area contributed by atoms with Crippen LogP contribution in [0.1, 0.15) is 0 Å². The summed E-state index contributed by atoms with van der Waals surface area (Å²) in [5.41, 5.74) is 10.2. The smallest absolute Gasteiger partial charge is 0.162 e. The van der Waals surface area contributed by atoms with Crippen LogP contribution in [0.3, 0.4) is 0 Å². The van der Waals surface area contributed by atoms with Gasteiger partial charge in [-0.2, -0.15) is 0 Å². The first-order valence-corrected chi connectivity index (χ1v) is 18.2. The van der Waals surface area contributed by atoms with Gasteiger partial charge in [0.15, 0.2) is 5.82 Å². The second-order valence-electron chi connectivity index (χ2n) is 14.1. The van der Waals surface area contributed by atoms with Gasteiger partial charge in [-0.15, -0.1) is 0 Å². The van der Waals surface area contributed by atoms with E-state index < -0.39 is 0 Å². The minimum absolute atomic E-state index is 0.713. The van der Waals surface area contributed by atoms with E-state index in [9.17, 15) is 0 Å². The van der Waals surface area contributed by atoms with Crippen molar-refractivity contribution < 1.29 is 0 Å². The molecule has 2 aromatic heterocycles. The normalized spacial score (nSPS) is 12.2. The quantitative estimate of drug-likeness (QED) is 0.175. The molecule has 0 amide bonds. The van der Waals surface area contributed by atoms with Crippen LogP contribution in [0, 0.1) is 0 Å². The number of nitrogens with zero attached hydrogens (tertiary/aromatic N) is 3. The Morgan fingerprint density at radius 1 is 0.377 bits per heavy atom. The minimum Gasteiger partial charge on any atom is -0.293 e. The Bertz CT molecular complexity index is 3330. The molecular weight excluding hydrogens is 643 g/mol. The third-order valence-corrected chi connectivity index (χ3v) is 11.3. The highest BCUT2D eigenvalue weighted by molar-refractivity contribution is 6.36. The van der Waals surface area contributed by atoms with Crippen LogP contribution in [0.25, 0.3) is 116 Å². The van der Waals surface area contributed by atoms with Gasteiger partial charge >= 0.3 is 0 Å². The van der Waals surface area contributed by atoms with E-state index in [1.807, 2.05) is 0 Å². The summed E-state index contributed by atoms with van der Waals surface area (Å²) in [6, 6.07) is 63.5. The van der Waals surface area contributed by atoms with Crippen LogP contribution in [0.4, 0.5) is 0 Å². The van der Waals surface area contributed by atoms with Crippen LogP contribution in [0.5, 0.6) is 0 Å². The second-order valence-corrected chi connectivity index (χ2v) is 14.1. The van der Waals surface area contributed by atoms with E-state index in [-0.39, 0.29) is 0 Å². The van der Waals surface area contributed by atoms with Gasteiger partial charge in [0.25, 0.3) is 0 Å². The highest BCUT2D eigenvalue weighted by Crippen LogP contribution is 2.51. The fraction of sp³-hybridized carbons (Fsp3) is 0. The van der Waals surface area contributed by atoms with E-state index in [0.29, 0.717) is 5.82 Å². The topological polar surface area (TPSA) is 30.7 Å². The zero-order chi connectivity index (χ0) is 34.6. The Balaban J connectivity index is 1.23. The summed E-state index contributed by atoms with van der Waals surface area (Å²) in [7, 11) is 0. The minimum atomic E-state index is 0.713. The van der Waals surface area contributed by atoms with Gasteiger partial charge in [-0.1, -0.05) is 164 Å². The number of rotatable bonds is 3. The molecule has 1 aliphatic carbocycles.